The van der Waals surface area contributed by atoms with Crippen LogP contribution in [0.1, 0.15) is 23.1 Å². The molecular weight excluding hydrogens is 349 g/mol. The van der Waals surface area contributed by atoms with Gasteiger partial charge in [0.15, 0.2) is 5.82 Å². The van der Waals surface area contributed by atoms with Gasteiger partial charge in [-0.25, -0.2) is 4.98 Å². The molecule has 3 rings (SSSR count). The summed E-state index contributed by atoms with van der Waals surface area (Å²) in [6.45, 7) is 1.63. The summed E-state index contributed by atoms with van der Waals surface area (Å²) in [5.41, 5.74) is -0.128. The number of hydrogen-bond acceptors (Lipinski definition) is 6. The highest BCUT2D eigenvalue weighted by molar-refractivity contribution is 5.68. The first-order chi connectivity index (χ1) is 12.3. The zero-order valence-corrected chi connectivity index (χ0v) is 13.7. The number of rotatable bonds is 5. The summed E-state index contributed by atoms with van der Waals surface area (Å²) in [5.74, 6) is 1.09. The first kappa shape index (κ1) is 17.9. The fourth-order valence-electron chi connectivity index (χ4n) is 2.36. The SMILES string of the molecule is Cc1noc(-c2cccnc2NCC(O)c2cccc(C(F)(F)F)c2)n1. The van der Waals surface area contributed by atoms with E-state index in [1.807, 2.05) is 0 Å². The molecule has 2 heterocycles. The van der Waals surface area contributed by atoms with E-state index in [4.69, 9.17) is 4.52 Å². The van der Waals surface area contributed by atoms with Crippen LogP contribution in [0.5, 0.6) is 0 Å². The second-order valence-electron chi connectivity index (χ2n) is 5.57. The van der Waals surface area contributed by atoms with Crippen LogP contribution in [-0.4, -0.2) is 26.8 Å². The molecule has 0 amide bonds. The molecule has 0 saturated heterocycles. The highest BCUT2D eigenvalue weighted by atomic mass is 19.4. The number of aliphatic hydroxyl groups is 1. The van der Waals surface area contributed by atoms with Crippen LogP contribution in [-0.2, 0) is 6.18 Å². The summed E-state index contributed by atoms with van der Waals surface area (Å²) in [7, 11) is 0. The quantitative estimate of drug-likeness (QED) is 0.720. The molecule has 1 atom stereocenters. The summed E-state index contributed by atoms with van der Waals surface area (Å²) < 4.78 is 43.5. The molecule has 0 spiro atoms. The molecule has 0 aliphatic rings. The predicted octanol–water partition coefficient (Wildman–Crippen LogP) is 3.60. The van der Waals surface area contributed by atoms with E-state index < -0.39 is 17.8 Å². The van der Waals surface area contributed by atoms with Crippen molar-refractivity contribution >= 4 is 5.82 Å². The standard InChI is InChI=1S/C17H15F3N4O2/c1-10-23-16(26-24-10)13-6-3-7-21-15(13)22-9-14(25)11-4-2-5-12(8-11)17(18,19)20/h2-8,14,25H,9H2,1H3,(H,21,22). The molecule has 2 aromatic heterocycles. The Kier molecular flexibility index (Phi) is 4.90. The number of anilines is 1. The van der Waals surface area contributed by atoms with Crippen molar-refractivity contribution in [1.82, 2.24) is 15.1 Å². The Morgan fingerprint density at radius 2 is 2.04 bits per heavy atom. The van der Waals surface area contributed by atoms with Crippen molar-refractivity contribution in [2.24, 2.45) is 0 Å². The molecule has 6 nitrogen and oxygen atoms in total. The first-order valence-corrected chi connectivity index (χ1v) is 7.69. The van der Waals surface area contributed by atoms with E-state index in [9.17, 15) is 18.3 Å². The van der Waals surface area contributed by atoms with E-state index in [1.165, 1.54) is 18.3 Å². The topological polar surface area (TPSA) is 84.1 Å². The Bertz CT molecular complexity index is 895. The number of nitrogens with zero attached hydrogens (tertiary/aromatic N) is 3. The van der Waals surface area contributed by atoms with Crippen LogP contribution in [0.3, 0.4) is 0 Å². The number of aliphatic hydroxyl groups excluding tert-OH is 1. The maximum absolute atomic E-state index is 12.8. The van der Waals surface area contributed by atoms with E-state index in [2.05, 4.69) is 20.4 Å². The van der Waals surface area contributed by atoms with E-state index in [0.29, 0.717) is 17.2 Å². The summed E-state index contributed by atoms with van der Waals surface area (Å²) in [6.07, 6.45) is -4.09. The molecule has 26 heavy (non-hydrogen) atoms. The number of halogens is 3. The monoisotopic (exact) mass is 364 g/mol. The summed E-state index contributed by atoms with van der Waals surface area (Å²) >= 11 is 0. The van der Waals surface area contributed by atoms with Gasteiger partial charge in [-0.05, 0) is 36.8 Å². The van der Waals surface area contributed by atoms with Gasteiger partial charge in [0.2, 0.25) is 0 Å². The van der Waals surface area contributed by atoms with Crippen LogP contribution in [0.2, 0.25) is 0 Å². The average Bonchev–Trinajstić information content (AvgIpc) is 3.05. The summed E-state index contributed by atoms with van der Waals surface area (Å²) in [5, 5.41) is 16.8. The lowest BCUT2D eigenvalue weighted by Crippen LogP contribution is -2.14. The van der Waals surface area contributed by atoms with Crippen LogP contribution >= 0.6 is 0 Å². The largest absolute Gasteiger partial charge is 0.416 e. The minimum atomic E-state index is -4.47. The van der Waals surface area contributed by atoms with E-state index in [-0.39, 0.29) is 18.0 Å². The van der Waals surface area contributed by atoms with Crippen molar-refractivity contribution in [2.45, 2.75) is 19.2 Å². The highest BCUT2D eigenvalue weighted by Crippen LogP contribution is 2.31. The van der Waals surface area contributed by atoms with Gasteiger partial charge in [0.05, 0.1) is 17.2 Å². The second kappa shape index (κ2) is 7.12. The molecule has 9 heteroatoms. The fraction of sp³-hybridized carbons (Fsp3) is 0.235. The Hall–Kier alpha value is -2.94. The number of nitrogens with one attached hydrogen (secondary N) is 1. The summed E-state index contributed by atoms with van der Waals surface area (Å²) in [4.78, 5) is 8.28. The molecule has 0 aliphatic heterocycles. The minimum absolute atomic E-state index is 0.0432. The number of hydrogen-bond donors (Lipinski definition) is 2. The van der Waals surface area contributed by atoms with Gasteiger partial charge >= 0.3 is 6.18 Å². The lowest BCUT2D eigenvalue weighted by Gasteiger charge is -2.15. The van der Waals surface area contributed by atoms with Crippen molar-refractivity contribution < 1.29 is 22.8 Å². The smallest absolute Gasteiger partial charge is 0.387 e. The zero-order valence-electron chi connectivity index (χ0n) is 13.7. The molecule has 1 unspecified atom stereocenters. The average molecular weight is 364 g/mol. The second-order valence-corrected chi connectivity index (χ2v) is 5.57. The minimum Gasteiger partial charge on any atom is -0.387 e. The molecule has 0 bridgehead atoms. The van der Waals surface area contributed by atoms with Crippen LogP contribution in [0, 0.1) is 6.92 Å². The predicted molar refractivity (Wildman–Crippen MR) is 87.2 cm³/mol. The van der Waals surface area contributed by atoms with E-state index >= 15 is 0 Å². The third-order valence-corrected chi connectivity index (χ3v) is 3.63. The number of aryl methyl sites for hydroxylation is 1. The van der Waals surface area contributed by atoms with E-state index in [0.717, 1.165) is 12.1 Å². The highest BCUT2D eigenvalue weighted by Gasteiger charge is 2.30. The molecule has 0 radical (unpaired) electrons. The van der Waals surface area contributed by atoms with Gasteiger partial charge in [-0.1, -0.05) is 17.3 Å². The molecule has 2 N–H and O–H groups in total. The van der Waals surface area contributed by atoms with Gasteiger partial charge in [-0.2, -0.15) is 18.2 Å². The normalized spacial score (nSPS) is 12.8. The zero-order chi connectivity index (χ0) is 18.7. The molecule has 1 aromatic carbocycles. The third-order valence-electron chi connectivity index (χ3n) is 3.63. The van der Waals surface area contributed by atoms with Crippen LogP contribution in [0.15, 0.2) is 47.1 Å². The fourth-order valence-corrected chi connectivity index (χ4v) is 2.36. The molecule has 3 aromatic rings. The molecule has 0 aliphatic carbocycles. The lowest BCUT2D eigenvalue weighted by molar-refractivity contribution is -0.137. The van der Waals surface area contributed by atoms with E-state index in [1.54, 1.807) is 19.1 Å². The van der Waals surface area contributed by atoms with Crippen molar-refractivity contribution in [3.05, 3.63) is 59.5 Å². The Labute approximate surface area is 146 Å². The van der Waals surface area contributed by atoms with Gasteiger partial charge in [-0.3, -0.25) is 0 Å². The number of benzene rings is 1. The molecule has 136 valence electrons. The first-order valence-electron chi connectivity index (χ1n) is 7.69. The van der Waals surface area contributed by atoms with Crippen molar-refractivity contribution in [2.75, 3.05) is 11.9 Å². The maximum atomic E-state index is 12.8. The Balaban J connectivity index is 1.76. The van der Waals surface area contributed by atoms with Crippen LogP contribution in [0.4, 0.5) is 19.0 Å². The maximum Gasteiger partial charge on any atom is 0.416 e. The Morgan fingerprint density at radius 3 is 2.73 bits per heavy atom. The third kappa shape index (κ3) is 3.99. The van der Waals surface area contributed by atoms with Gasteiger partial charge in [-0.15, -0.1) is 0 Å². The number of aromatic nitrogens is 3. The Morgan fingerprint density at radius 1 is 1.23 bits per heavy atom. The lowest BCUT2D eigenvalue weighted by atomic mass is 10.1. The number of alkyl halides is 3. The van der Waals surface area contributed by atoms with Gasteiger partial charge in [0, 0.05) is 12.7 Å². The van der Waals surface area contributed by atoms with Gasteiger partial charge in [0.25, 0.3) is 5.89 Å². The van der Waals surface area contributed by atoms with Crippen LogP contribution in [0.25, 0.3) is 11.5 Å². The van der Waals surface area contributed by atoms with Crippen molar-refractivity contribution in [3.8, 4) is 11.5 Å². The van der Waals surface area contributed by atoms with Gasteiger partial charge in [0.1, 0.15) is 5.82 Å². The molecule has 0 fully saturated rings. The summed E-state index contributed by atoms with van der Waals surface area (Å²) in [6, 6.07) is 7.96. The number of pyridine rings is 1. The van der Waals surface area contributed by atoms with Crippen molar-refractivity contribution in [1.29, 1.82) is 0 Å². The van der Waals surface area contributed by atoms with Crippen LogP contribution < -0.4 is 5.32 Å². The molecular formula is C17H15F3N4O2. The van der Waals surface area contributed by atoms with Gasteiger partial charge < -0.3 is 14.9 Å². The molecule has 0 saturated carbocycles. The van der Waals surface area contributed by atoms with Crippen molar-refractivity contribution in [3.63, 3.8) is 0 Å².